The molecule has 0 heterocycles. The Kier molecular flexibility index (Phi) is 7.34. The normalized spacial score (nSPS) is 11.1. The molecule has 0 N–H and O–H groups in total. The van der Waals surface area contributed by atoms with Crippen molar-refractivity contribution in [3.8, 4) is 28.7 Å². The zero-order valence-electron chi connectivity index (χ0n) is 18.7. The number of ether oxygens (including phenoxy) is 1. The van der Waals surface area contributed by atoms with Crippen LogP contribution in [0.4, 0.5) is 13.2 Å². The van der Waals surface area contributed by atoms with E-state index in [1.807, 2.05) is 25.1 Å². The fourth-order valence-corrected chi connectivity index (χ4v) is 3.71. The van der Waals surface area contributed by atoms with Crippen molar-refractivity contribution in [2.75, 3.05) is 0 Å². The minimum absolute atomic E-state index is 0.0523. The van der Waals surface area contributed by atoms with Gasteiger partial charge in [0, 0.05) is 10.9 Å². The maximum absolute atomic E-state index is 15.1. The van der Waals surface area contributed by atoms with Gasteiger partial charge >= 0.3 is 6.61 Å². The van der Waals surface area contributed by atoms with Gasteiger partial charge in [0.2, 0.25) is 0 Å². The predicted molar refractivity (Wildman–Crippen MR) is 132 cm³/mol. The molecule has 4 heteroatoms. The van der Waals surface area contributed by atoms with Crippen molar-refractivity contribution in [3.05, 3.63) is 114 Å². The van der Waals surface area contributed by atoms with Crippen LogP contribution in [0.1, 0.15) is 30.0 Å². The maximum Gasteiger partial charge on any atom is 0.387 e. The average molecular weight is 457 g/mol. The molecule has 0 aromatic heterocycles. The molecule has 0 fully saturated rings. The minimum atomic E-state index is -2.88. The summed E-state index contributed by atoms with van der Waals surface area (Å²) in [5.41, 5.74) is 4.24. The number of benzene rings is 4. The van der Waals surface area contributed by atoms with Crippen molar-refractivity contribution in [2.45, 2.75) is 26.4 Å². The standard InChI is InChI=1S/C30H23F3O/c1-2-3-4-5-21-6-11-23(12-7-21)25-16-19-28-26(20-25)15-14-24(29(28)31)13-8-22-9-17-27(18-10-22)34-30(32)33/h2-3,6-7,9-12,14-20,30H,4-5H2,1H3/b3-2+. The summed E-state index contributed by atoms with van der Waals surface area (Å²) in [7, 11) is 0. The van der Waals surface area contributed by atoms with Crippen molar-refractivity contribution >= 4 is 10.8 Å². The number of fused-ring (bicyclic) bond motifs is 1. The third-order valence-corrected chi connectivity index (χ3v) is 5.50. The number of halogens is 3. The summed E-state index contributed by atoms with van der Waals surface area (Å²) < 4.78 is 43.9. The van der Waals surface area contributed by atoms with E-state index >= 15 is 4.39 Å². The van der Waals surface area contributed by atoms with E-state index in [1.54, 1.807) is 24.3 Å². The van der Waals surface area contributed by atoms with Crippen LogP contribution in [-0.2, 0) is 6.42 Å². The average Bonchev–Trinajstić information content (AvgIpc) is 2.85. The lowest BCUT2D eigenvalue weighted by Crippen LogP contribution is -2.01. The topological polar surface area (TPSA) is 9.23 Å². The number of hydrogen-bond acceptors (Lipinski definition) is 1. The Bertz CT molecular complexity index is 1360. The monoisotopic (exact) mass is 456 g/mol. The van der Waals surface area contributed by atoms with Gasteiger partial charge < -0.3 is 4.74 Å². The van der Waals surface area contributed by atoms with Gasteiger partial charge in [-0.25, -0.2) is 4.39 Å². The highest BCUT2D eigenvalue weighted by Gasteiger charge is 2.08. The van der Waals surface area contributed by atoms with E-state index in [0.717, 1.165) is 29.4 Å². The fraction of sp³-hybridized carbons (Fsp3) is 0.133. The number of rotatable bonds is 6. The molecule has 0 saturated carbocycles. The van der Waals surface area contributed by atoms with Crippen LogP contribution >= 0.6 is 0 Å². The number of allylic oxidation sites excluding steroid dienone is 2. The van der Waals surface area contributed by atoms with Gasteiger partial charge in [0.15, 0.2) is 0 Å². The Labute approximate surface area is 197 Å². The second-order valence-corrected chi connectivity index (χ2v) is 7.82. The zero-order chi connectivity index (χ0) is 23.9. The molecule has 170 valence electrons. The molecule has 0 aliphatic heterocycles. The summed E-state index contributed by atoms with van der Waals surface area (Å²) in [4.78, 5) is 0. The molecule has 0 amide bonds. The minimum Gasteiger partial charge on any atom is -0.435 e. The van der Waals surface area contributed by atoms with Crippen molar-refractivity contribution < 1.29 is 17.9 Å². The van der Waals surface area contributed by atoms with Crippen molar-refractivity contribution in [3.63, 3.8) is 0 Å². The highest BCUT2D eigenvalue weighted by atomic mass is 19.3. The van der Waals surface area contributed by atoms with E-state index in [-0.39, 0.29) is 17.1 Å². The Morgan fingerprint density at radius 1 is 0.853 bits per heavy atom. The summed E-state index contributed by atoms with van der Waals surface area (Å²) in [5, 5.41) is 1.30. The molecule has 0 spiro atoms. The second-order valence-electron chi connectivity index (χ2n) is 7.82. The van der Waals surface area contributed by atoms with Gasteiger partial charge in [-0.2, -0.15) is 8.78 Å². The highest BCUT2D eigenvalue weighted by Crippen LogP contribution is 2.28. The first kappa shape index (κ1) is 23.2. The molecule has 0 radical (unpaired) electrons. The summed E-state index contributed by atoms with van der Waals surface area (Å²) in [6, 6.07) is 23.6. The molecule has 0 saturated heterocycles. The molecule has 0 bridgehead atoms. The first-order chi connectivity index (χ1) is 16.5. The van der Waals surface area contributed by atoms with Crippen LogP contribution < -0.4 is 4.74 Å². The van der Waals surface area contributed by atoms with Crippen LogP contribution in [0.25, 0.3) is 21.9 Å². The third-order valence-electron chi connectivity index (χ3n) is 5.50. The molecule has 4 aromatic rings. The quantitative estimate of drug-likeness (QED) is 0.210. The summed E-state index contributed by atoms with van der Waals surface area (Å²) >= 11 is 0. The highest BCUT2D eigenvalue weighted by molar-refractivity contribution is 5.89. The van der Waals surface area contributed by atoms with Crippen LogP contribution in [-0.4, -0.2) is 6.61 Å². The van der Waals surface area contributed by atoms with Gasteiger partial charge in [-0.3, -0.25) is 0 Å². The van der Waals surface area contributed by atoms with Crippen LogP contribution in [0.3, 0.4) is 0 Å². The van der Waals surface area contributed by atoms with Gasteiger partial charge in [-0.05, 0) is 78.2 Å². The van der Waals surface area contributed by atoms with Crippen LogP contribution in [0, 0.1) is 17.7 Å². The predicted octanol–water partition coefficient (Wildman–Crippen LogP) is 8.16. The SMILES string of the molecule is C/C=C/CCc1ccc(-c2ccc3c(F)c(C#Cc4ccc(OC(F)F)cc4)ccc3c2)cc1. The van der Waals surface area contributed by atoms with E-state index in [4.69, 9.17) is 0 Å². The first-order valence-electron chi connectivity index (χ1n) is 11.0. The summed E-state index contributed by atoms with van der Waals surface area (Å²) in [6.45, 7) is -0.854. The zero-order valence-corrected chi connectivity index (χ0v) is 18.7. The molecule has 0 unspecified atom stereocenters. The number of aryl methyl sites for hydroxylation is 1. The molecule has 4 rings (SSSR count). The van der Waals surface area contributed by atoms with Crippen LogP contribution in [0.5, 0.6) is 5.75 Å². The molecule has 0 aliphatic carbocycles. The Balaban J connectivity index is 1.54. The lowest BCUT2D eigenvalue weighted by molar-refractivity contribution is -0.0498. The molecule has 0 atom stereocenters. The smallest absolute Gasteiger partial charge is 0.387 e. The van der Waals surface area contributed by atoms with Gasteiger partial charge in [0.25, 0.3) is 0 Å². The largest absolute Gasteiger partial charge is 0.435 e. The van der Waals surface area contributed by atoms with Gasteiger partial charge in [0.1, 0.15) is 11.6 Å². The van der Waals surface area contributed by atoms with Gasteiger partial charge in [0.05, 0.1) is 5.56 Å². The molecular formula is C30H23F3O. The van der Waals surface area contributed by atoms with E-state index in [1.165, 1.54) is 17.7 Å². The Hall–Kier alpha value is -3.97. The molecular weight excluding hydrogens is 433 g/mol. The Morgan fingerprint density at radius 2 is 1.59 bits per heavy atom. The first-order valence-corrected chi connectivity index (χ1v) is 11.0. The van der Waals surface area contributed by atoms with E-state index < -0.39 is 6.61 Å². The van der Waals surface area contributed by atoms with Crippen molar-refractivity contribution in [2.24, 2.45) is 0 Å². The summed E-state index contributed by atoms with van der Waals surface area (Å²) in [6.07, 6.45) is 6.25. The third kappa shape index (κ3) is 5.68. The number of hydrogen-bond donors (Lipinski definition) is 0. The van der Waals surface area contributed by atoms with Crippen LogP contribution in [0.15, 0.2) is 91.0 Å². The second kappa shape index (κ2) is 10.8. The van der Waals surface area contributed by atoms with Crippen LogP contribution in [0.2, 0.25) is 0 Å². The van der Waals surface area contributed by atoms with E-state index in [0.29, 0.717) is 10.9 Å². The lowest BCUT2D eigenvalue weighted by Gasteiger charge is -2.07. The molecule has 0 aliphatic rings. The molecule has 34 heavy (non-hydrogen) atoms. The summed E-state index contributed by atoms with van der Waals surface area (Å²) in [5.74, 6) is 5.38. The van der Waals surface area contributed by atoms with Crippen molar-refractivity contribution in [1.82, 2.24) is 0 Å². The Morgan fingerprint density at radius 3 is 2.29 bits per heavy atom. The molecule has 1 nitrogen and oxygen atoms in total. The molecule has 4 aromatic carbocycles. The fourth-order valence-electron chi connectivity index (χ4n) is 3.71. The lowest BCUT2D eigenvalue weighted by atomic mass is 9.98. The van der Waals surface area contributed by atoms with Gasteiger partial charge in [-0.15, -0.1) is 0 Å². The van der Waals surface area contributed by atoms with E-state index in [9.17, 15) is 8.78 Å². The van der Waals surface area contributed by atoms with Gasteiger partial charge in [-0.1, -0.05) is 66.5 Å². The van der Waals surface area contributed by atoms with E-state index in [2.05, 4.69) is 53.0 Å². The maximum atomic E-state index is 15.1. The van der Waals surface area contributed by atoms with Crippen molar-refractivity contribution in [1.29, 1.82) is 0 Å². The number of alkyl halides is 2.